The van der Waals surface area contributed by atoms with Crippen LogP contribution in [0.2, 0.25) is 0 Å². The van der Waals surface area contributed by atoms with E-state index in [1.165, 1.54) is 0 Å². The molecule has 0 unspecified atom stereocenters. The molecule has 0 atom stereocenters. The fourth-order valence-electron chi connectivity index (χ4n) is 1.57. The molecule has 2 aromatic rings. The van der Waals surface area contributed by atoms with Crippen LogP contribution in [0.1, 0.15) is 11.1 Å². The molecule has 0 spiro atoms. The first-order chi connectivity index (χ1) is 7.83. The maximum Gasteiger partial charge on any atom is 0.0991 e. The van der Waals surface area contributed by atoms with Gasteiger partial charge in [0.05, 0.1) is 18.2 Å². The van der Waals surface area contributed by atoms with Gasteiger partial charge in [0.2, 0.25) is 0 Å². The highest BCUT2D eigenvalue weighted by Gasteiger charge is 1.99. The van der Waals surface area contributed by atoms with Gasteiger partial charge in [-0.15, -0.1) is 0 Å². The standard InChI is InChI=1S/C14H11NO/c15-9-12-2-1-3-14(8-12)13-6-4-11(10-16)5-7-13/h1-8,16H,10H2. The summed E-state index contributed by atoms with van der Waals surface area (Å²) in [7, 11) is 0. The molecule has 0 aliphatic rings. The summed E-state index contributed by atoms with van der Waals surface area (Å²) in [6.45, 7) is 0.0541. The van der Waals surface area contributed by atoms with Crippen molar-refractivity contribution in [1.82, 2.24) is 0 Å². The Kier molecular flexibility index (Phi) is 3.00. The lowest BCUT2D eigenvalue weighted by atomic mass is 10.0. The van der Waals surface area contributed by atoms with E-state index in [9.17, 15) is 0 Å². The number of aliphatic hydroxyl groups excluding tert-OH is 1. The quantitative estimate of drug-likeness (QED) is 0.826. The molecule has 2 nitrogen and oxygen atoms in total. The molecular weight excluding hydrogens is 198 g/mol. The van der Waals surface area contributed by atoms with Crippen LogP contribution in [0.4, 0.5) is 0 Å². The summed E-state index contributed by atoms with van der Waals surface area (Å²) in [5, 5.41) is 17.7. The third-order valence-electron chi connectivity index (χ3n) is 2.46. The minimum Gasteiger partial charge on any atom is -0.392 e. The zero-order valence-corrected chi connectivity index (χ0v) is 8.72. The number of nitrogens with zero attached hydrogens (tertiary/aromatic N) is 1. The highest BCUT2D eigenvalue weighted by atomic mass is 16.3. The second-order valence-electron chi connectivity index (χ2n) is 3.55. The van der Waals surface area contributed by atoms with E-state index in [1.54, 1.807) is 6.07 Å². The van der Waals surface area contributed by atoms with Crippen molar-refractivity contribution < 1.29 is 5.11 Å². The van der Waals surface area contributed by atoms with Gasteiger partial charge in [0, 0.05) is 0 Å². The summed E-state index contributed by atoms with van der Waals surface area (Å²) in [4.78, 5) is 0. The van der Waals surface area contributed by atoms with Gasteiger partial charge < -0.3 is 5.11 Å². The zero-order chi connectivity index (χ0) is 11.4. The SMILES string of the molecule is N#Cc1cccc(-c2ccc(CO)cc2)c1. The van der Waals surface area contributed by atoms with Gasteiger partial charge in [0.15, 0.2) is 0 Å². The van der Waals surface area contributed by atoms with E-state index in [0.717, 1.165) is 16.7 Å². The third-order valence-corrected chi connectivity index (χ3v) is 2.46. The predicted octanol–water partition coefficient (Wildman–Crippen LogP) is 2.72. The van der Waals surface area contributed by atoms with Gasteiger partial charge in [-0.05, 0) is 28.8 Å². The summed E-state index contributed by atoms with van der Waals surface area (Å²) in [6, 6.07) is 17.3. The van der Waals surface area contributed by atoms with Crippen molar-refractivity contribution in [2.24, 2.45) is 0 Å². The van der Waals surface area contributed by atoms with Crippen molar-refractivity contribution >= 4 is 0 Å². The molecule has 78 valence electrons. The van der Waals surface area contributed by atoms with Crippen LogP contribution in [0.5, 0.6) is 0 Å². The molecule has 2 aromatic carbocycles. The monoisotopic (exact) mass is 209 g/mol. The van der Waals surface area contributed by atoms with E-state index in [4.69, 9.17) is 10.4 Å². The van der Waals surface area contributed by atoms with Crippen LogP contribution in [-0.2, 0) is 6.61 Å². The molecule has 1 N–H and O–H groups in total. The van der Waals surface area contributed by atoms with Crippen molar-refractivity contribution in [2.75, 3.05) is 0 Å². The Bertz CT molecular complexity index is 523. The van der Waals surface area contributed by atoms with E-state index in [0.29, 0.717) is 5.56 Å². The second kappa shape index (κ2) is 4.61. The second-order valence-corrected chi connectivity index (χ2v) is 3.55. The van der Waals surface area contributed by atoms with E-state index >= 15 is 0 Å². The Morgan fingerprint density at radius 2 is 1.75 bits per heavy atom. The van der Waals surface area contributed by atoms with Crippen LogP contribution in [-0.4, -0.2) is 5.11 Å². The Morgan fingerprint density at radius 3 is 2.38 bits per heavy atom. The molecule has 2 rings (SSSR count). The van der Waals surface area contributed by atoms with E-state index < -0.39 is 0 Å². The van der Waals surface area contributed by atoms with Gasteiger partial charge in [0.25, 0.3) is 0 Å². The largest absolute Gasteiger partial charge is 0.392 e. The fraction of sp³-hybridized carbons (Fsp3) is 0.0714. The predicted molar refractivity (Wildman–Crippen MR) is 62.5 cm³/mol. The lowest BCUT2D eigenvalue weighted by molar-refractivity contribution is 0.282. The molecule has 0 saturated heterocycles. The highest BCUT2D eigenvalue weighted by Crippen LogP contribution is 2.20. The van der Waals surface area contributed by atoms with Gasteiger partial charge in [-0.2, -0.15) is 5.26 Å². The molecular formula is C14H11NO. The molecule has 0 aromatic heterocycles. The third kappa shape index (κ3) is 2.10. The van der Waals surface area contributed by atoms with Gasteiger partial charge in [0.1, 0.15) is 0 Å². The molecule has 0 bridgehead atoms. The minimum absolute atomic E-state index is 0.0541. The summed E-state index contributed by atoms with van der Waals surface area (Å²) in [5.41, 5.74) is 3.61. The molecule has 0 aliphatic heterocycles. The Balaban J connectivity index is 2.39. The summed E-state index contributed by atoms with van der Waals surface area (Å²) in [5.74, 6) is 0. The van der Waals surface area contributed by atoms with Gasteiger partial charge >= 0.3 is 0 Å². The minimum atomic E-state index is 0.0541. The van der Waals surface area contributed by atoms with E-state index in [-0.39, 0.29) is 6.61 Å². The van der Waals surface area contributed by atoms with Crippen LogP contribution in [0.15, 0.2) is 48.5 Å². The molecule has 0 amide bonds. The maximum absolute atomic E-state index is 8.94. The lowest BCUT2D eigenvalue weighted by Crippen LogP contribution is -1.84. The first kappa shape index (κ1) is 10.4. The van der Waals surface area contributed by atoms with Crippen molar-refractivity contribution in [3.63, 3.8) is 0 Å². The van der Waals surface area contributed by atoms with Gasteiger partial charge in [-0.25, -0.2) is 0 Å². The van der Waals surface area contributed by atoms with Gasteiger partial charge in [-0.3, -0.25) is 0 Å². The average molecular weight is 209 g/mol. The van der Waals surface area contributed by atoms with Crippen LogP contribution in [0.25, 0.3) is 11.1 Å². The number of benzene rings is 2. The lowest BCUT2D eigenvalue weighted by Gasteiger charge is -2.03. The number of nitriles is 1. The highest BCUT2D eigenvalue weighted by molar-refractivity contribution is 5.65. The van der Waals surface area contributed by atoms with Crippen LogP contribution < -0.4 is 0 Å². The van der Waals surface area contributed by atoms with Gasteiger partial charge in [-0.1, -0.05) is 36.4 Å². The van der Waals surface area contributed by atoms with E-state index in [2.05, 4.69) is 6.07 Å². The Hall–Kier alpha value is -2.11. The molecule has 0 aliphatic carbocycles. The van der Waals surface area contributed by atoms with Crippen LogP contribution in [0.3, 0.4) is 0 Å². The fourth-order valence-corrected chi connectivity index (χ4v) is 1.57. The number of rotatable bonds is 2. The topological polar surface area (TPSA) is 44.0 Å². The molecule has 0 radical (unpaired) electrons. The maximum atomic E-state index is 8.94. The van der Waals surface area contributed by atoms with Crippen LogP contribution >= 0.6 is 0 Å². The first-order valence-corrected chi connectivity index (χ1v) is 5.04. The Labute approximate surface area is 94.4 Å². The summed E-state index contributed by atoms with van der Waals surface area (Å²) < 4.78 is 0. The summed E-state index contributed by atoms with van der Waals surface area (Å²) in [6.07, 6.45) is 0. The number of hydrogen-bond acceptors (Lipinski definition) is 2. The van der Waals surface area contributed by atoms with Crippen molar-refractivity contribution in [1.29, 1.82) is 5.26 Å². The van der Waals surface area contributed by atoms with Crippen molar-refractivity contribution in [2.45, 2.75) is 6.61 Å². The Morgan fingerprint density at radius 1 is 1.00 bits per heavy atom. The molecule has 16 heavy (non-hydrogen) atoms. The van der Waals surface area contributed by atoms with Crippen molar-refractivity contribution in [3.05, 3.63) is 59.7 Å². The molecule has 2 heteroatoms. The van der Waals surface area contributed by atoms with Crippen molar-refractivity contribution in [3.8, 4) is 17.2 Å². The van der Waals surface area contributed by atoms with E-state index in [1.807, 2.05) is 42.5 Å². The zero-order valence-electron chi connectivity index (χ0n) is 8.72. The number of hydrogen-bond donors (Lipinski definition) is 1. The smallest absolute Gasteiger partial charge is 0.0991 e. The average Bonchev–Trinajstić information content (AvgIpc) is 2.39. The first-order valence-electron chi connectivity index (χ1n) is 5.04. The molecule has 0 saturated carbocycles. The molecule has 0 heterocycles. The number of aliphatic hydroxyl groups is 1. The normalized spacial score (nSPS) is 9.75. The van der Waals surface area contributed by atoms with Crippen LogP contribution in [0, 0.1) is 11.3 Å². The molecule has 0 fully saturated rings. The summed E-state index contributed by atoms with van der Waals surface area (Å²) >= 11 is 0.